The highest BCUT2D eigenvalue weighted by molar-refractivity contribution is 5.80. The van der Waals surface area contributed by atoms with Crippen molar-refractivity contribution in [2.45, 2.75) is 6.92 Å². The molecule has 0 aliphatic carbocycles. The molecule has 0 spiro atoms. The van der Waals surface area contributed by atoms with Crippen molar-refractivity contribution in [2.24, 2.45) is 0 Å². The molecule has 0 aliphatic rings. The van der Waals surface area contributed by atoms with Gasteiger partial charge >= 0.3 is 0 Å². The zero-order valence-electron chi connectivity index (χ0n) is 11.0. The van der Waals surface area contributed by atoms with E-state index in [9.17, 15) is 4.39 Å². The van der Waals surface area contributed by atoms with Gasteiger partial charge in [-0.05, 0) is 24.6 Å². The fraction of sp³-hybridized carbons (Fsp3) is 0.0588. The van der Waals surface area contributed by atoms with Gasteiger partial charge in [-0.15, -0.1) is 0 Å². The summed E-state index contributed by atoms with van der Waals surface area (Å²) in [6.07, 6.45) is 3.17. The molecule has 98 valence electrons. The first-order chi connectivity index (χ1) is 9.75. The summed E-state index contributed by atoms with van der Waals surface area (Å²) >= 11 is 0. The average molecular weight is 264 g/mol. The molecule has 2 aromatic carbocycles. The van der Waals surface area contributed by atoms with E-state index in [1.165, 1.54) is 18.0 Å². The largest absolute Gasteiger partial charge is 0.244 e. The minimum atomic E-state index is -0.278. The molecule has 0 saturated carbocycles. The van der Waals surface area contributed by atoms with E-state index in [-0.39, 0.29) is 5.82 Å². The van der Waals surface area contributed by atoms with Crippen LogP contribution in [0.5, 0.6) is 0 Å². The number of nitrogens with zero attached hydrogens (tertiary/aromatic N) is 2. The summed E-state index contributed by atoms with van der Waals surface area (Å²) < 4.78 is 14.0. The van der Waals surface area contributed by atoms with Gasteiger partial charge in [0.2, 0.25) is 0 Å². The lowest BCUT2D eigenvalue weighted by Gasteiger charge is -2.09. The molecule has 3 heteroatoms. The molecule has 2 nitrogen and oxygen atoms in total. The second kappa shape index (κ2) is 5.21. The van der Waals surface area contributed by atoms with Crippen LogP contribution in [0.4, 0.5) is 4.39 Å². The zero-order valence-corrected chi connectivity index (χ0v) is 11.0. The van der Waals surface area contributed by atoms with Gasteiger partial charge in [-0.2, -0.15) is 0 Å². The van der Waals surface area contributed by atoms with Crippen molar-refractivity contribution in [3.63, 3.8) is 0 Å². The Labute approximate surface area is 117 Å². The molecule has 0 aliphatic heterocycles. The maximum Gasteiger partial charge on any atom is 0.132 e. The Balaban J connectivity index is 2.19. The number of aromatic nitrogens is 2. The van der Waals surface area contributed by atoms with Gasteiger partial charge in [0, 0.05) is 17.3 Å². The smallest absolute Gasteiger partial charge is 0.132 e. The molecule has 0 amide bonds. The molecule has 3 aromatic rings. The molecule has 0 unspecified atom stereocenters. The van der Waals surface area contributed by atoms with Crippen molar-refractivity contribution < 1.29 is 4.39 Å². The summed E-state index contributed by atoms with van der Waals surface area (Å²) in [6, 6.07) is 14.7. The fourth-order valence-electron chi connectivity index (χ4n) is 2.14. The highest BCUT2D eigenvalue weighted by Gasteiger charge is 2.12. The third-order valence-electron chi connectivity index (χ3n) is 3.20. The summed E-state index contributed by atoms with van der Waals surface area (Å²) in [4.78, 5) is 8.32. The molecule has 0 fully saturated rings. The lowest BCUT2D eigenvalue weighted by atomic mass is 10.00. The van der Waals surface area contributed by atoms with Crippen LogP contribution >= 0.6 is 0 Å². The van der Waals surface area contributed by atoms with E-state index in [0.717, 1.165) is 11.1 Å². The monoisotopic (exact) mass is 264 g/mol. The van der Waals surface area contributed by atoms with Gasteiger partial charge in [0.25, 0.3) is 0 Å². The van der Waals surface area contributed by atoms with Gasteiger partial charge in [0.15, 0.2) is 0 Å². The molecule has 0 N–H and O–H groups in total. The molecule has 1 aromatic heterocycles. The highest BCUT2D eigenvalue weighted by atomic mass is 19.1. The summed E-state index contributed by atoms with van der Waals surface area (Å²) in [5, 5.41) is 0. The van der Waals surface area contributed by atoms with Crippen LogP contribution in [0.15, 0.2) is 61.1 Å². The van der Waals surface area contributed by atoms with E-state index in [2.05, 4.69) is 9.97 Å². The Morgan fingerprint density at radius 1 is 0.900 bits per heavy atom. The second-order valence-corrected chi connectivity index (χ2v) is 4.63. The minimum Gasteiger partial charge on any atom is -0.244 e. The van der Waals surface area contributed by atoms with Crippen LogP contribution in [0.3, 0.4) is 0 Å². The predicted molar refractivity (Wildman–Crippen MR) is 77.6 cm³/mol. The first-order valence-corrected chi connectivity index (χ1v) is 6.37. The fourth-order valence-corrected chi connectivity index (χ4v) is 2.14. The third-order valence-corrected chi connectivity index (χ3v) is 3.20. The van der Waals surface area contributed by atoms with Gasteiger partial charge in [-0.3, -0.25) is 0 Å². The van der Waals surface area contributed by atoms with Crippen LogP contribution in [-0.4, -0.2) is 9.97 Å². The van der Waals surface area contributed by atoms with E-state index in [0.29, 0.717) is 11.3 Å². The number of halogens is 1. The summed E-state index contributed by atoms with van der Waals surface area (Å²) in [7, 11) is 0. The first-order valence-electron chi connectivity index (χ1n) is 6.37. The van der Waals surface area contributed by atoms with E-state index >= 15 is 0 Å². The highest BCUT2D eigenvalue weighted by Crippen LogP contribution is 2.30. The standard InChI is InChI=1S/C17H13FN2/c1-12-6-8-13(9-7-12)15-10-19-11-20-17(15)14-4-2-3-5-16(14)18/h2-11H,1H3. The maximum atomic E-state index is 14.0. The number of hydrogen-bond donors (Lipinski definition) is 0. The Kier molecular flexibility index (Phi) is 3.25. The molecule has 3 rings (SSSR count). The van der Waals surface area contributed by atoms with Gasteiger partial charge in [-0.25, -0.2) is 14.4 Å². The molecule has 20 heavy (non-hydrogen) atoms. The normalized spacial score (nSPS) is 10.5. The van der Waals surface area contributed by atoms with Gasteiger partial charge in [0.1, 0.15) is 12.1 Å². The number of rotatable bonds is 2. The summed E-state index contributed by atoms with van der Waals surface area (Å²) in [5.74, 6) is -0.278. The van der Waals surface area contributed by atoms with E-state index in [4.69, 9.17) is 0 Å². The lowest BCUT2D eigenvalue weighted by Crippen LogP contribution is -1.93. The van der Waals surface area contributed by atoms with Gasteiger partial charge in [0.05, 0.1) is 5.69 Å². The average Bonchev–Trinajstić information content (AvgIpc) is 2.49. The molecule has 0 bridgehead atoms. The number of hydrogen-bond acceptors (Lipinski definition) is 2. The van der Waals surface area contributed by atoms with Crippen LogP contribution in [0.1, 0.15) is 5.56 Å². The number of aryl methyl sites for hydroxylation is 1. The van der Waals surface area contributed by atoms with Crippen LogP contribution in [0.25, 0.3) is 22.4 Å². The predicted octanol–water partition coefficient (Wildman–Crippen LogP) is 4.26. The minimum absolute atomic E-state index is 0.278. The first kappa shape index (κ1) is 12.5. The maximum absolute atomic E-state index is 14.0. The lowest BCUT2D eigenvalue weighted by molar-refractivity contribution is 0.630. The van der Waals surface area contributed by atoms with Gasteiger partial charge < -0.3 is 0 Å². The van der Waals surface area contributed by atoms with Crippen LogP contribution in [0, 0.1) is 12.7 Å². The molecule has 1 heterocycles. The van der Waals surface area contributed by atoms with E-state index in [1.807, 2.05) is 31.2 Å². The topological polar surface area (TPSA) is 25.8 Å². The summed E-state index contributed by atoms with van der Waals surface area (Å²) in [6.45, 7) is 2.03. The van der Waals surface area contributed by atoms with Crippen LogP contribution in [-0.2, 0) is 0 Å². The Hall–Kier alpha value is -2.55. The van der Waals surface area contributed by atoms with Crippen LogP contribution in [0.2, 0.25) is 0 Å². The summed E-state index contributed by atoms with van der Waals surface area (Å²) in [5.41, 5.74) is 4.09. The molecule has 0 saturated heterocycles. The number of benzene rings is 2. The second-order valence-electron chi connectivity index (χ2n) is 4.63. The van der Waals surface area contributed by atoms with E-state index in [1.54, 1.807) is 24.4 Å². The third kappa shape index (κ3) is 2.30. The molecule has 0 atom stereocenters. The molecule has 0 radical (unpaired) electrons. The van der Waals surface area contributed by atoms with Crippen molar-refractivity contribution in [3.05, 3.63) is 72.4 Å². The van der Waals surface area contributed by atoms with Crippen molar-refractivity contribution in [1.82, 2.24) is 9.97 Å². The van der Waals surface area contributed by atoms with Crippen LogP contribution < -0.4 is 0 Å². The van der Waals surface area contributed by atoms with Gasteiger partial charge in [-0.1, -0.05) is 42.0 Å². The molecular formula is C17H13FN2. The van der Waals surface area contributed by atoms with Crippen molar-refractivity contribution in [2.75, 3.05) is 0 Å². The Morgan fingerprint density at radius 3 is 2.40 bits per heavy atom. The Morgan fingerprint density at radius 2 is 1.65 bits per heavy atom. The Bertz CT molecular complexity index is 736. The quantitative estimate of drug-likeness (QED) is 0.691. The van der Waals surface area contributed by atoms with Crippen molar-refractivity contribution in [3.8, 4) is 22.4 Å². The van der Waals surface area contributed by atoms with Crippen molar-refractivity contribution in [1.29, 1.82) is 0 Å². The van der Waals surface area contributed by atoms with Crippen molar-refractivity contribution >= 4 is 0 Å². The molecular weight excluding hydrogens is 251 g/mol. The van der Waals surface area contributed by atoms with E-state index < -0.39 is 0 Å². The SMILES string of the molecule is Cc1ccc(-c2cncnc2-c2ccccc2F)cc1. The zero-order chi connectivity index (χ0) is 13.9.